The molecule has 1 atom stereocenters. The van der Waals surface area contributed by atoms with Gasteiger partial charge in [0, 0.05) is 30.8 Å². The average Bonchev–Trinajstić information content (AvgIpc) is 2.97. The zero-order valence-corrected chi connectivity index (χ0v) is 12.5. The molecule has 3 rings (SSSR count). The molecular weight excluding hydrogens is 272 g/mol. The first-order valence-corrected chi connectivity index (χ1v) is 7.84. The number of hydrogen-bond donors (Lipinski definition) is 1. The first kappa shape index (κ1) is 13.5. The zero-order valence-electron chi connectivity index (χ0n) is 11.7. The summed E-state index contributed by atoms with van der Waals surface area (Å²) in [6.07, 6.45) is 0. The number of aromatic nitrogens is 2. The maximum Gasteiger partial charge on any atom is 0.260 e. The molecule has 0 amide bonds. The Bertz CT molecular complexity index is 586. The van der Waals surface area contributed by atoms with Crippen LogP contribution in [-0.2, 0) is 0 Å². The van der Waals surface area contributed by atoms with Crippen LogP contribution in [0, 0.1) is 0 Å². The van der Waals surface area contributed by atoms with Crippen molar-refractivity contribution in [2.45, 2.75) is 6.04 Å². The Morgan fingerprint density at radius 1 is 1.40 bits per heavy atom. The van der Waals surface area contributed by atoms with Gasteiger partial charge in [-0.15, -0.1) is 0 Å². The second-order valence-electron chi connectivity index (χ2n) is 4.82. The minimum Gasteiger partial charge on any atom is -0.387 e. The standard InChI is InChI=1S/C14H18N4OS/c1-15-11-6-4-3-5-10(11)14-16-13(17-19-14)12-9-20-8-7-18(12)2/h3-6,12,15H,7-9H2,1-2H3. The van der Waals surface area contributed by atoms with E-state index in [0.29, 0.717) is 5.89 Å². The fourth-order valence-electron chi connectivity index (χ4n) is 2.33. The minimum absolute atomic E-state index is 0.244. The molecule has 1 unspecified atom stereocenters. The smallest absolute Gasteiger partial charge is 0.260 e. The van der Waals surface area contributed by atoms with Crippen LogP contribution in [0.1, 0.15) is 11.9 Å². The highest BCUT2D eigenvalue weighted by Gasteiger charge is 2.26. The highest BCUT2D eigenvalue weighted by molar-refractivity contribution is 7.99. The predicted molar refractivity (Wildman–Crippen MR) is 82.0 cm³/mol. The fraction of sp³-hybridized carbons (Fsp3) is 0.429. The molecule has 20 heavy (non-hydrogen) atoms. The third-order valence-corrected chi connectivity index (χ3v) is 4.59. The summed E-state index contributed by atoms with van der Waals surface area (Å²) in [5, 5.41) is 7.32. The second-order valence-corrected chi connectivity index (χ2v) is 5.97. The molecule has 2 aromatic rings. The Labute approximate surface area is 122 Å². The van der Waals surface area contributed by atoms with Crippen molar-refractivity contribution in [2.24, 2.45) is 0 Å². The number of rotatable bonds is 3. The van der Waals surface area contributed by atoms with Crippen molar-refractivity contribution in [1.29, 1.82) is 0 Å². The van der Waals surface area contributed by atoms with Gasteiger partial charge in [-0.2, -0.15) is 16.7 Å². The van der Waals surface area contributed by atoms with Gasteiger partial charge in [-0.25, -0.2) is 0 Å². The molecule has 5 nitrogen and oxygen atoms in total. The maximum absolute atomic E-state index is 5.46. The van der Waals surface area contributed by atoms with Gasteiger partial charge in [-0.1, -0.05) is 17.3 Å². The van der Waals surface area contributed by atoms with Gasteiger partial charge in [0.2, 0.25) is 0 Å². The molecule has 1 aromatic carbocycles. The summed E-state index contributed by atoms with van der Waals surface area (Å²) in [5.74, 6) is 3.54. The number of nitrogens with zero attached hydrogens (tertiary/aromatic N) is 3. The van der Waals surface area contributed by atoms with Gasteiger partial charge < -0.3 is 9.84 Å². The van der Waals surface area contributed by atoms with Gasteiger partial charge in [-0.3, -0.25) is 4.90 Å². The maximum atomic E-state index is 5.46. The third kappa shape index (κ3) is 2.53. The summed E-state index contributed by atoms with van der Waals surface area (Å²) < 4.78 is 5.46. The van der Waals surface area contributed by atoms with Gasteiger partial charge in [0.25, 0.3) is 5.89 Å². The Hall–Kier alpha value is -1.53. The van der Waals surface area contributed by atoms with E-state index in [0.717, 1.165) is 29.4 Å². The Kier molecular flexibility index (Phi) is 3.93. The summed E-state index contributed by atoms with van der Waals surface area (Å²) in [4.78, 5) is 6.88. The lowest BCUT2D eigenvalue weighted by atomic mass is 10.2. The molecule has 1 N–H and O–H groups in total. The van der Waals surface area contributed by atoms with Crippen molar-refractivity contribution in [3.8, 4) is 11.5 Å². The Morgan fingerprint density at radius 3 is 3.05 bits per heavy atom. The van der Waals surface area contributed by atoms with Gasteiger partial charge in [-0.05, 0) is 19.2 Å². The Morgan fingerprint density at radius 2 is 2.25 bits per heavy atom. The van der Waals surface area contributed by atoms with E-state index < -0.39 is 0 Å². The number of benzene rings is 1. The van der Waals surface area contributed by atoms with E-state index in [4.69, 9.17) is 4.52 Å². The molecular formula is C14H18N4OS. The first-order chi connectivity index (χ1) is 9.79. The van der Waals surface area contributed by atoms with Crippen LogP contribution >= 0.6 is 11.8 Å². The highest BCUT2D eigenvalue weighted by atomic mass is 32.2. The molecule has 0 radical (unpaired) electrons. The van der Waals surface area contributed by atoms with E-state index in [1.54, 1.807) is 0 Å². The second kappa shape index (κ2) is 5.85. The van der Waals surface area contributed by atoms with Crippen LogP contribution in [0.2, 0.25) is 0 Å². The molecule has 106 valence electrons. The SMILES string of the molecule is CNc1ccccc1-c1nc(C2CSCCN2C)no1. The quantitative estimate of drug-likeness (QED) is 0.937. The van der Waals surface area contributed by atoms with Crippen molar-refractivity contribution in [2.75, 3.05) is 37.5 Å². The topological polar surface area (TPSA) is 54.2 Å². The Balaban J connectivity index is 1.90. The molecule has 0 bridgehead atoms. The van der Waals surface area contributed by atoms with Crippen molar-refractivity contribution >= 4 is 17.4 Å². The lowest BCUT2D eigenvalue weighted by Crippen LogP contribution is -2.33. The van der Waals surface area contributed by atoms with Crippen molar-refractivity contribution < 1.29 is 4.52 Å². The van der Waals surface area contributed by atoms with E-state index in [2.05, 4.69) is 27.4 Å². The minimum atomic E-state index is 0.244. The van der Waals surface area contributed by atoms with Crippen LogP contribution in [0.25, 0.3) is 11.5 Å². The van der Waals surface area contributed by atoms with Crippen LogP contribution < -0.4 is 5.32 Å². The molecule has 2 heterocycles. The van der Waals surface area contributed by atoms with Gasteiger partial charge >= 0.3 is 0 Å². The van der Waals surface area contributed by atoms with Crippen LogP contribution in [0.5, 0.6) is 0 Å². The monoisotopic (exact) mass is 290 g/mol. The summed E-state index contributed by atoms with van der Waals surface area (Å²) >= 11 is 1.94. The summed E-state index contributed by atoms with van der Waals surface area (Å²) in [6.45, 7) is 1.06. The van der Waals surface area contributed by atoms with Crippen molar-refractivity contribution in [1.82, 2.24) is 15.0 Å². The molecule has 1 aliphatic heterocycles. The molecule has 1 aliphatic rings. The number of anilines is 1. The van der Waals surface area contributed by atoms with Crippen LogP contribution in [-0.4, -0.2) is 47.2 Å². The zero-order chi connectivity index (χ0) is 13.9. The number of para-hydroxylation sites is 1. The summed E-state index contributed by atoms with van der Waals surface area (Å²) in [5.41, 5.74) is 1.94. The van der Waals surface area contributed by atoms with Gasteiger partial charge in [0.1, 0.15) is 0 Å². The first-order valence-electron chi connectivity index (χ1n) is 6.68. The van der Waals surface area contributed by atoms with Crippen LogP contribution in [0.15, 0.2) is 28.8 Å². The predicted octanol–water partition coefficient (Wildman–Crippen LogP) is 2.50. The molecule has 6 heteroatoms. The summed E-state index contributed by atoms with van der Waals surface area (Å²) in [7, 11) is 4.00. The van der Waals surface area contributed by atoms with E-state index in [9.17, 15) is 0 Å². The number of thioether (sulfide) groups is 1. The van der Waals surface area contributed by atoms with E-state index in [1.807, 2.05) is 43.1 Å². The van der Waals surface area contributed by atoms with Crippen molar-refractivity contribution in [3.63, 3.8) is 0 Å². The molecule has 1 aromatic heterocycles. The third-order valence-electron chi connectivity index (χ3n) is 3.56. The average molecular weight is 290 g/mol. The van der Waals surface area contributed by atoms with Crippen molar-refractivity contribution in [3.05, 3.63) is 30.1 Å². The van der Waals surface area contributed by atoms with Crippen LogP contribution in [0.4, 0.5) is 5.69 Å². The van der Waals surface area contributed by atoms with E-state index in [-0.39, 0.29) is 6.04 Å². The number of nitrogens with one attached hydrogen (secondary N) is 1. The molecule has 0 saturated carbocycles. The van der Waals surface area contributed by atoms with Crippen LogP contribution in [0.3, 0.4) is 0 Å². The number of hydrogen-bond acceptors (Lipinski definition) is 6. The largest absolute Gasteiger partial charge is 0.387 e. The lowest BCUT2D eigenvalue weighted by Gasteiger charge is -2.29. The summed E-state index contributed by atoms with van der Waals surface area (Å²) in [6, 6.07) is 8.19. The van der Waals surface area contributed by atoms with Gasteiger partial charge in [0.05, 0.1) is 11.6 Å². The van der Waals surface area contributed by atoms with E-state index in [1.165, 1.54) is 5.75 Å². The highest BCUT2D eigenvalue weighted by Crippen LogP contribution is 2.30. The lowest BCUT2D eigenvalue weighted by molar-refractivity contribution is 0.257. The fourth-order valence-corrected chi connectivity index (χ4v) is 3.54. The normalized spacial score (nSPS) is 20.0. The molecule has 0 spiro atoms. The molecule has 1 saturated heterocycles. The molecule has 1 fully saturated rings. The van der Waals surface area contributed by atoms with Gasteiger partial charge in [0.15, 0.2) is 5.82 Å². The molecule has 0 aliphatic carbocycles. The van der Waals surface area contributed by atoms with E-state index >= 15 is 0 Å².